The molecule has 17 heavy (non-hydrogen) atoms. The lowest BCUT2D eigenvalue weighted by Gasteiger charge is -2.09. The molecule has 0 radical (unpaired) electrons. The maximum absolute atomic E-state index is 13.0. The normalized spacial score (nSPS) is 23.6. The van der Waals surface area contributed by atoms with Gasteiger partial charge in [0.15, 0.2) is 11.6 Å². The number of phenolic OH excluding ortho intramolecular Hbond substituents is 1. The summed E-state index contributed by atoms with van der Waals surface area (Å²) in [6, 6.07) is 3.75. The third-order valence-electron chi connectivity index (χ3n) is 2.78. The van der Waals surface area contributed by atoms with E-state index in [1.807, 2.05) is 6.92 Å². The Morgan fingerprint density at radius 1 is 1.59 bits per heavy atom. The first-order valence-corrected chi connectivity index (χ1v) is 5.47. The Labute approximate surface area is 98.4 Å². The highest BCUT2D eigenvalue weighted by Gasteiger charge is 2.28. The SMILES string of the molecule is CC1CC(C(=O)Nc2ccc(O)c(F)c2)CO1. The number of phenols is 1. The fourth-order valence-corrected chi connectivity index (χ4v) is 1.83. The van der Waals surface area contributed by atoms with Crippen molar-refractivity contribution in [1.29, 1.82) is 0 Å². The number of rotatable bonds is 2. The molecule has 0 bridgehead atoms. The number of anilines is 1. The van der Waals surface area contributed by atoms with E-state index in [-0.39, 0.29) is 17.9 Å². The van der Waals surface area contributed by atoms with E-state index in [9.17, 15) is 9.18 Å². The molecule has 1 aromatic rings. The first-order valence-electron chi connectivity index (χ1n) is 5.47. The van der Waals surface area contributed by atoms with Crippen LogP contribution in [0.2, 0.25) is 0 Å². The zero-order valence-electron chi connectivity index (χ0n) is 9.44. The summed E-state index contributed by atoms with van der Waals surface area (Å²) < 4.78 is 18.3. The van der Waals surface area contributed by atoms with Gasteiger partial charge in [0.05, 0.1) is 18.6 Å². The van der Waals surface area contributed by atoms with Crippen LogP contribution >= 0.6 is 0 Å². The molecule has 2 rings (SSSR count). The average molecular weight is 239 g/mol. The second kappa shape index (κ2) is 4.71. The first-order chi connectivity index (χ1) is 8.06. The first kappa shape index (κ1) is 11.9. The number of hydrogen-bond acceptors (Lipinski definition) is 3. The fourth-order valence-electron chi connectivity index (χ4n) is 1.83. The molecule has 0 saturated carbocycles. The van der Waals surface area contributed by atoms with Crippen molar-refractivity contribution in [3.05, 3.63) is 24.0 Å². The summed E-state index contributed by atoms with van der Waals surface area (Å²) in [6.45, 7) is 2.31. The van der Waals surface area contributed by atoms with Gasteiger partial charge in [-0.1, -0.05) is 0 Å². The molecule has 4 nitrogen and oxygen atoms in total. The Hall–Kier alpha value is -1.62. The third-order valence-corrected chi connectivity index (χ3v) is 2.78. The van der Waals surface area contributed by atoms with Gasteiger partial charge in [-0.3, -0.25) is 4.79 Å². The van der Waals surface area contributed by atoms with E-state index in [1.54, 1.807) is 0 Å². The molecule has 2 N–H and O–H groups in total. The highest BCUT2D eigenvalue weighted by atomic mass is 19.1. The van der Waals surface area contributed by atoms with Crippen molar-refractivity contribution in [2.45, 2.75) is 19.4 Å². The van der Waals surface area contributed by atoms with Crippen LogP contribution in [0.25, 0.3) is 0 Å². The van der Waals surface area contributed by atoms with Gasteiger partial charge >= 0.3 is 0 Å². The molecule has 2 unspecified atom stereocenters. The Kier molecular flexibility index (Phi) is 3.28. The van der Waals surface area contributed by atoms with Crippen LogP contribution in [0, 0.1) is 11.7 Å². The van der Waals surface area contributed by atoms with Crippen molar-refractivity contribution >= 4 is 11.6 Å². The fraction of sp³-hybridized carbons (Fsp3) is 0.417. The van der Waals surface area contributed by atoms with Crippen molar-refractivity contribution in [2.24, 2.45) is 5.92 Å². The molecular weight excluding hydrogens is 225 g/mol. The van der Waals surface area contributed by atoms with E-state index in [0.717, 1.165) is 6.07 Å². The number of hydrogen-bond donors (Lipinski definition) is 2. The summed E-state index contributed by atoms with van der Waals surface area (Å²) in [5.41, 5.74) is 0.338. The number of halogens is 1. The van der Waals surface area contributed by atoms with Crippen LogP contribution in [-0.4, -0.2) is 23.7 Å². The van der Waals surface area contributed by atoms with E-state index >= 15 is 0 Å². The maximum atomic E-state index is 13.0. The molecule has 1 aliphatic rings. The van der Waals surface area contributed by atoms with Gasteiger partial charge in [-0.15, -0.1) is 0 Å². The summed E-state index contributed by atoms with van der Waals surface area (Å²) in [7, 11) is 0. The van der Waals surface area contributed by atoms with Crippen LogP contribution in [0.4, 0.5) is 10.1 Å². The Morgan fingerprint density at radius 2 is 2.35 bits per heavy atom. The molecule has 5 heteroatoms. The zero-order chi connectivity index (χ0) is 12.4. The van der Waals surface area contributed by atoms with Gasteiger partial charge in [0, 0.05) is 11.8 Å². The van der Waals surface area contributed by atoms with Gasteiger partial charge < -0.3 is 15.2 Å². The third kappa shape index (κ3) is 2.74. The van der Waals surface area contributed by atoms with Crippen molar-refractivity contribution in [3.8, 4) is 5.75 Å². The second-order valence-corrected chi connectivity index (χ2v) is 4.23. The monoisotopic (exact) mass is 239 g/mol. The number of amides is 1. The summed E-state index contributed by atoms with van der Waals surface area (Å²) in [5, 5.41) is 11.6. The number of ether oxygens (including phenoxy) is 1. The van der Waals surface area contributed by atoms with E-state index in [1.165, 1.54) is 12.1 Å². The largest absolute Gasteiger partial charge is 0.505 e. The van der Waals surface area contributed by atoms with Gasteiger partial charge in [-0.2, -0.15) is 0 Å². The standard InChI is InChI=1S/C12H14FNO3/c1-7-4-8(6-17-7)12(16)14-9-2-3-11(15)10(13)5-9/h2-3,5,7-8,15H,4,6H2,1H3,(H,14,16). The summed E-state index contributed by atoms with van der Waals surface area (Å²) in [6.07, 6.45) is 0.758. The van der Waals surface area contributed by atoms with Gasteiger partial charge in [0.1, 0.15) is 0 Å². The Morgan fingerprint density at radius 3 is 2.94 bits per heavy atom. The minimum Gasteiger partial charge on any atom is -0.505 e. The smallest absolute Gasteiger partial charge is 0.229 e. The predicted octanol–water partition coefficient (Wildman–Crippen LogP) is 1.89. The number of carbonyl (C=O) groups is 1. The molecule has 1 saturated heterocycles. The van der Waals surface area contributed by atoms with Crippen LogP contribution in [0.1, 0.15) is 13.3 Å². The number of carbonyl (C=O) groups excluding carboxylic acids is 1. The Balaban J connectivity index is 2.00. The molecule has 0 spiro atoms. The van der Waals surface area contributed by atoms with E-state index in [2.05, 4.69) is 5.32 Å². The maximum Gasteiger partial charge on any atom is 0.229 e. The topological polar surface area (TPSA) is 58.6 Å². The molecular formula is C12H14FNO3. The lowest BCUT2D eigenvalue weighted by molar-refractivity contribution is -0.119. The predicted molar refractivity (Wildman–Crippen MR) is 60.2 cm³/mol. The molecule has 1 heterocycles. The lowest BCUT2D eigenvalue weighted by atomic mass is 10.1. The van der Waals surface area contributed by atoms with Crippen molar-refractivity contribution < 1.29 is 19.0 Å². The van der Waals surface area contributed by atoms with E-state index in [0.29, 0.717) is 18.7 Å². The van der Waals surface area contributed by atoms with Crippen LogP contribution in [0.3, 0.4) is 0 Å². The number of nitrogens with one attached hydrogen (secondary N) is 1. The average Bonchev–Trinajstić information content (AvgIpc) is 2.70. The summed E-state index contributed by atoms with van der Waals surface area (Å²) >= 11 is 0. The molecule has 1 fully saturated rings. The summed E-state index contributed by atoms with van der Waals surface area (Å²) in [4.78, 5) is 11.8. The summed E-state index contributed by atoms with van der Waals surface area (Å²) in [5.74, 6) is -1.55. The highest BCUT2D eigenvalue weighted by Crippen LogP contribution is 2.23. The van der Waals surface area contributed by atoms with Crippen molar-refractivity contribution in [1.82, 2.24) is 0 Å². The zero-order valence-corrected chi connectivity index (χ0v) is 9.44. The molecule has 1 amide bonds. The lowest BCUT2D eigenvalue weighted by Crippen LogP contribution is -2.23. The minimum absolute atomic E-state index is 0.0855. The molecule has 1 aliphatic heterocycles. The molecule has 92 valence electrons. The van der Waals surface area contributed by atoms with Crippen LogP contribution < -0.4 is 5.32 Å². The van der Waals surface area contributed by atoms with Crippen molar-refractivity contribution in [3.63, 3.8) is 0 Å². The molecule has 2 atom stereocenters. The van der Waals surface area contributed by atoms with Crippen LogP contribution in [0.5, 0.6) is 5.75 Å². The van der Waals surface area contributed by atoms with Crippen LogP contribution in [-0.2, 0) is 9.53 Å². The Bertz CT molecular complexity index is 436. The molecule has 0 aromatic heterocycles. The minimum atomic E-state index is -0.751. The van der Waals surface area contributed by atoms with E-state index in [4.69, 9.17) is 9.84 Å². The van der Waals surface area contributed by atoms with Gasteiger partial charge in [0.25, 0.3) is 0 Å². The van der Waals surface area contributed by atoms with Gasteiger partial charge in [0.2, 0.25) is 5.91 Å². The molecule has 1 aromatic carbocycles. The number of benzene rings is 1. The number of aromatic hydroxyl groups is 1. The van der Waals surface area contributed by atoms with Gasteiger partial charge in [-0.25, -0.2) is 4.39 Å². The van der Waals surface area contributed by atoms with E-state index < -0.39 is 11.6 Å². The highest BCUT2D eigenvalue weighted by molar-refractivity contribution is 5.92. The van der Waals surface area contributed by atoms with Gasteiger partial charge in [-0.05, 0) is 25.5 Å². The molecule has 0 aliphatic carbocycles. The quantitative estimate of drug-likeness (QED) is 0.775. The van der Waals surface area contributed by atoms with Crippen molar-refractivity contribution in [2.75, 3.05) is 11.9 Å². The second-order valence-electron chi connectivity index (χ2n) is 4.23. The van der Waals surface area contributed by atoms with Crippen LogP contribution in [0.15, 0.2) is 18.2 Å².